The Kier molecular flexibility index (Phi) is 2.63. The summed E-state index contributed by atoms with van der Waals surface area (Å²) in [5.41, 5.74) is 4.79. The van der Waals surface area contributed by atoms with Crippen LogP contribution in [0.3, 0.4) is 0 Å². The molecule has 2 amide bonds. The smallest absolute Gasteiger partial charge is 0.287 e. The molecule has 1 aromatic heterocycles. The van der Waals surface area contributed by atoms with Gasteiger partial charge < -0.3 is 4.57 Å². The van der Waals surface area contributed by atoms with Gasteiger partial charge in [0, 0.05) is 14.0 Å². The van der Waals surface area contributed by atoms with Crippen molar-refractivity contribution in [1.82, 2.24) is 20.4 Å². The first kappa shape index (κ1) is 9.24. The molecule has 0 unspecified atom stereocenters. The second-order valence-corrected chi connectivity index (χ2v) is 2.53. The number of amides is 2. The normalized spacial score (nSPS) is 9.38. The molecule has 0 bridgehead atoms. The third-order valence-electron chi connectivity index (χ3n) is 1.40. The van der Waals surface area contributed by atoms with Gasteiger partial charge in [0.2, 0.25) is 5.91 Å². The molecule has 6 heteroatoms. The average Bonchev–Trinajstić information content (AvgIpc) is 2.47. The third-order valence-corrected chi connectivity index (χ3v) is 1.40. The highest BCUT2D eigenvalue weighted by Crippen LogP contribution is 1.94. The maximum atomic E-state index is 11.2. The van der Waals surface area contributed by atoms with Gasteiger partial charge in [-0.2, -0.15) is 0 Å². The highest BCUT2D eigenvalue weighted by molar-refractivity contribution is 5.93. The summed E-state index contributed by atoms with van der Waals surface area (Å²) in [5.74, 6) is -0.717. The van der Waals surface area contributed by atoms with E-state index >= 15 is 0 Å². The number of nitrogens with one attached hydrogen (secondary N) is 2. The Bertz CT molecular complexity index is 331. The molecule has 0 radical (unpaired) electrons. The van der Waals surface area contributed by atoms with E-state index in [-0.39, 0.29) is 5.91 Å². The summed E-state index contributed by atoms with van der Waals surface area (Å²) in [6.07, 6.45) is 2.92. The van der Waals surface area contributed by atoms with Crippen LogP contribution >= 0.6 is 0 Å². The van der Waals surface area contributed by atoms with Crippen molar-refractivity contribution in [3.63, 3.8) is 0 Å². The van der Waals surface area contributed by atoms with Crippen molar-refractivity contribution < 1.29 is 9.59 Å². The van der Waals surface area contributed by atoms with Crippen LogP contribution in [0.1, 0.15) is 17.4 Å². The lowest BCUT2D eigenvalue weighted by Gasteiger charge is -2.04. The summed E-state index contributed by atoms with van der Waals surface area (Å²) in [6, 6.07) is 0. The van der Waals surface area contributed by atoms with Crippen LogP contribution < -0.4 is 10.9 Å². The predicted octanol–water partition coefficient (Wildman–Crippen LogP) is -0.799. The first-order valence-electron chi connectivity index (χ1n) is 3.64. The fraction of sp³-hybridized carbons (Fsp3) is 0.286. The molecule has 0 saturated heterocycles. The lowest BCUT2D eigenvalue weighted by molar-refractivity contribution is -0.119. The zero-order valence-electron chi connectivity index (χ0n) is 7.37. The fourth-order valence-corrected chi connectivity index (χ4v) is 0.785. The predicted molar refractivity (Wildman–Crippen MR) is 44.5 cm³/mol. The van der Waals surface area contributed by atoms with Gasteiger partial charge in [0.15, 0.2) is 0 Å². The second kappa shape index (κ2) is 3.70. The maximum Gasteiger partial charge on any atom is 0.287 e. The van der Waals surface area contributed by atoms with Crippen molar-refractivity contribution in [3.05, 3.63) is 18.2 Å². The molecule has 1 rings (SSSR count). The Hall–Kier alpha value is -1.85. The van der Waals surface area contributed by atoms with Crippen molar-refractivity contribution in [2.24, 2.45) is 7.05 Å². The number of nitrogens with zero attached hydrogens (tertiary/aromatic N) is 2. The zero-order valence-corrected chi connectivity index (χ0v) is 7.37. The Morgan fingerprint density at radius 1 is 1.46 bits per heavy atom. The van der Waals surface area contributed by atoms with Crippen LogP contribution in [0.25, 0.3) is 0 Å². The van der Waals surface area contributed by atoms with Gasteiger partial charge in [-0.1, -0.05) is 0 Å². The van der Waals surface area contributed by atoms with E-state index in [9.17, 15) is 9.59 Å². The summed E-state index contributed by atoms with van der Waals surface area (Å²) in [6.45, 7) is 1.31. The third kappa shape index (κ3) is 2.29. The number of aryl methyl sites for hydroxylation is 1. The van der Waals surface area contributed by atoms with E-state index < -0.39 is 5.91 Å². The largest absolute Gasteiger partial charge is 0.330 e. The molecule has 70 valence electrons. The molecule has 1 heterocycles. The first-order chi connectivity index (χ1) is 6.11. The molecular formula is C7H10N4O2. The molecule has 0 spiro atoms. The Morgan fingerprint density at radius 2 is 2.15 bits per heavy atom. The molecule has 2 N–H and O–H groups in total. The molecule has 0 aliphatic rings. The molecule has 0 saturated carbocycles. The second-order valence-electron chi connectivity index (χ2n) is 2.53. The van der Waals surface area contributed by atoms with Gasteiger partial charge in [0.1, 0.15) is 5.69 Å². The maximum absolute atomic E-state index is 11.2. The van der Waals surface area contributed by atoms with Crippen molar-refractivity contribution in [2.75, 3.05) is 0 Å². The molecular weight excluding hydrogens is 172 g/mol. The van der Waals surface area contributed by atoms with Gasteiger partial charge in [-0.25, -0.2) is 4.98 Å². The number of hydrogen-bond donors (Lipinski definition) is 2. The van der Waals surface area contributed by atoms with Crippen LogP contribution in [0, 0.1) is 0 Å². The van der Waals surface area contributed by atoms with Gasteiger partial charge in [-0.15, -0.1) is 0 Å². The summed E-state index contributed by atoms with van der Waals surface area (Å²) in [5, 5.41) is 0. The number of hydrogen-bond acceptors (Lipinski definition) is 3. The zero-order chi connectivity index (χ0) is 9.84. The monoisotopic (exact) mass is 182 g/mol. The van der Waals surface area contributed by atoms with Gasteiger partial charge in [0.05, 0.1) is 12.5 Å². The van der Waals surface area contributed by atoms with Gasteiger partial charge >= 0.3 is 0 Å². The Morgan fingerprint density at radius 3 is 2.62 bits per heavy atom. The van der Waals surface area contributed by atoms with Gasteiger partial charge in [-0.3, -0.25) is 20.4 Å². The molecule has 0 fully saturated rings. The minimum atomic E-state index is -0.393. The van der Waals surface area contributed by atoms with Crippen LogP contribution in [-0.2, 0) is 11.8 Å². The quantitative estimate of drug-likeness (QED) is 0.558. The van der Waals surface area contributed by atoms with Crippen LogP contribution in [0.15, 0.2) is 12.5 Å². The first-order valence-corrected chi connectivity index (χ1v) is 3.64. The van der Waals surface area contributed by atoms with Crippen LogP contribution in [0.2, 0.25) is 0 Å². The lowest BCUT2D eigenvalue weighted by Crippen LogP contribution is -2.40. The minimum absolute atomic E-state index is 0.324. The molecule has 13 heavy (non-hydrogen) atoms. The molecule has 1 aromatic rings. The van der Waals surface area contributed by atoms with E-state index in [1.807, 2.05) is 0 Å². The van der Waals surface area contributed by atoms with E-state index in [4.69, 9.17) is 0 Å². The molecule has 0 aliphatic heterocycles. The van der Waals surface area contributed by atoms with Crippen LogP contribution in [0.5, 0.6) is 0 Å². The topological polar surface area (TPSA) is 76.0 Å². The number of carbonyl (C=O) groups is 2. The van der Waals surface area contributed by atoms with Crippen molar-refractivity contribution in [1.29, 1.82) is 0 Å². The number of carbonyl (C=O) groups excluding carboxylic acids is 2. The molecule has 0 atom stereocenters. The Labute approximate surface area is 74.9 Å². The highest BCUT2D eigenvalue weighted by atomic mass is 16.2. The summed E-state index contributed by atoms with van der Waals surface area (Å²) in [7, 11) is 1.69. The fourth-order valence-electron chi connectivity index (χ4n) is 0.785. The van der Waals surface area contributed by atoms with E-state index in [0.29, 0.717) is 5.69 Å². The highest BCUT2D eigenvalue weighted by Gasteiger charge is 2.08. The number of imidazole rings is 1. The minimum Gasteiger partial charge on any atom is -0.330 e. The van der Waals surface area contributed by atoms with E-state index in [1.165, 1.54) is 19.4 Å². The number of hydrazine groups is 1. The number of rotatable bonds is 1. The van der Waals surface area contributed by atoms with E-state index in [0.717, 1.165) is 0 Å². The van der Waals surface area contributed by atoms with Gasteiger partial charge in [0.25, 0.3) is 5.91 Å². The standard InChI is InChI=1S/C7H10N4O2/c1-5(12)9-10-7(13)6-3-8-4-11(6)2/h3-4H,1-2H3,(H,9,12)(H,10,13). The summed E-state index contributed by atoms with van der Waals surface area (Å²) < 4.78 is 1.55. The molecule has 6 nitrogen and oxygen atoms in total. The van der Waals surface area contributed by atoms with Crippen molar-refractivity contribution in [2.45, 2.75) is 6.92 Å². The average molecular weight is 182 g/mol. The Balaban J connectivity index is 2.59. The molecule has 0 aliphatic carbocycles. The van der Waals surface area contributed by atoms with Crippen LogP contribution in [0.4, 0.5) is 0 Å². The number of aromatic nitrogens is 2. The van der Waals surface area contributed by atoms with E-state index in [1.54, 1.807) is 11.6 Å². The van der Waals surface area contributed by atoms with Gasteiger partial charge in [-0.05, 0) is 0 Å². The van der Waals surface area contributed by atoms with E-state index in [2.05, 4.69) is 15.8 Å². The summed E-state index contributed by atoms with van der Waals surface area (Å²) >= 11 is 0. The van der Waals surface area contributed by atoms with Crippen LogP contribution in [-0.4, -0.2) is 21.4 Å². The SMILES string of the molecule is CC(=O)NNC(=O)c1cncn1C. The van der Waals surface area contributed by atoms with Crippen molar-refractivity contribution in [3.8, 4) is 0 Å². The lowest BCUT2D eigenvalue weighted by atomic mass is 10.4. The molecule has 0 aromatic carbocycles. The summed E-state index contributed by atoms with van der Waals surface area (Å²) in [4.78, 5) is 25.5. The van der Waals surface area contributed by atoms with Crippen molar-refractivity contribution >= 4 is 11.8 Å².